The highest BCUT2D eigenvalue weighted by Gasteiger charge is 2.00. The molecule has 60 valence electrons. The lowest BCUT2D eigenvalue weighted by atomic mass is 10.6. The van der Waals surface area contributed by atoms with E-state index in [0.29, 0.717) is 0 Å². The average molecular weight is 159 g/mol. The van der Waals surface area contributed by atoms with Crippen molar-refractivity contribution in [3.63, 3.8) is 0 Å². The van der Waals surface area contributed by atoms with Crippen molar-refractivity contribution in [3.05, 3.63) is 22.5 Å². The van der Waals surface area contributed by atoms with Gasteiger partial charge < -0.3 is 0 Å². The maximum atomic E-state index is 12.6. The van der Waals surface area contributed by atoms with Crippen LogP contribution in [0.3, 0.4) is 0 Å². The van der Waals surface area contributed by atoms with Crippen LogP contribution < -0.4 is 11.2 Å². The van der Waals surface area contributed by atoms with Gasteiger partial charge in [0.25, 0.3) is 0 Å². The van der Waals surface area contributed by atoms with Crippen molar-refractivity contribution >= 4 is 5.82 Å². The van der Waals surface area contributed by atoms with E-state index in [9.17, 15) is 9.18 Å². The average Bonchev–Trinajstić information content (AvgIpc) is 1.98. The number of hydrogen-bond acceptors (Lipinski definition) is 4. The van der Waals surface area contributed by atoms with E-state index in [1.807, 2.05) is 0 Å². The summed E-state index contributed by atoms with van der Waals surface area (Å²) in [7, 11) is 1.30. The smallest absolute Gasteiger partial charge is 0.288 e. The molecule has 11 heavy (non-hydrogen) atoms. The largest absolute Gasteiger partial charge is 0.346 e. The van der Waals surface area contributed by atoms with Crippen LogP contribution in [0, 0.1) is 5.82 Å². The number of anilines is 1. The fourth-order valence-corrected chi connectivity index (χ4v) is 0.555. The highest BCUT2D eigenvalue weighted by Crippen LogP contribution is 2.03. The van der Waals surface area contributed by atoms with Crippen LogP contribution in [0.25, 0.3) is 0 Å². The molecule has 1 aromatic heterocycles. The summed E-state index contributed by atoms with van der Waals surface area (Å²) in [6, 6.07) is 0. The molecule has 2 N–H and O–H groups in total. The topological polar surface area (TPSA) is 67.0 Å². The number of aromatic amines is 1. The standard InChI is InChI=1S/C5H6FN3O2/c1-11-9-4-3(6)2-7-5(10)8-4/h2H,1H3,(H2,7,8,9,10). The lowest BCUT2D eigenvalue weighted by Crippen LogP contribution is -2.14. The number of nitrogens with zero attached hydrogens (tertiary/aromatic N) is 1. The van der Waals surface area contributed by atoms with Crippen molar-refractivity contribution in [2.45, 2.75) is 0 Å². The zero-order valence-electron chi connectivity index (χ0n) is 5.72. The number of halogens is 1. The molecule has 1 heterocycles. The van der Waals surface area contributed by atoms with E-state index in [4.69, 9.17) is 0 Å². The van der Waals surface area contributed by atoms with Crippen molar-refractivity contribution in [2.24, 2.45) is 0 Å². The second-order valence-electron chi connectivity index (χ2n) is 1.72. The molecule has 0 saturated carbocycles. The summed E-state index contributed by atoms with van der Waals surface area (Å²) in [5.74, 6) is -0.807. The van der Waals surface area contributed by atoms with Gasteiger partial charge in [0, 0.05) is 0 Å². The third kappa shape index (κ3) is 1.74. The SMILES string of the molecule is CONc1[nH]c(=O)ncc1F. The summed E-state index contributed by atoms with van der Waals surface area (Å²) in [6.45, 7) is 0. The molecule has 0 saturated heterocycles. The van der Waals surface area contributed by atoms with Crippen LogP contribution in [0.1, 0.15) is 0 Å². The Labute approximate surface area is 61.2 Å². The van der Waals surface area contributed by atoms with Crippen LogP contribution in [-0.4, -0.2) is 17.1 Å². The summed E-state index contributed by atoms with van der Waals surface area (Å²) < 4.78 is 12.6. The molecule has 0 aliphatic rings. The van der Waals surface area contributed by atoms with E-state index in [1.54, 1.807) is 0 Å². The number of hydrogen-bond donors (Lipinski definition) is 2. The summed E-state index contributed by atoms with van der Waals surface area (Å²) in [6.07, 6.45) is 0.806. The first kappa shape index (κ1) is 7.67. The van der Waals surface area contributed by atoms with E-state index < -0.39 is 11.5 Å². The molecule has 1 aromatic rings. The van der Waals surface area contributed by atoms with Crippen LogP contribution in [0.4, 0.5) is 10.2 Å². The summed E-state index contributed by atoms with van der Waals surface area (Å²) in [4.78, 5) is 20.1. The van der Waals surface area contributed by atoms with Crippen molar-refractivity contribution in [1.29, 1.82) is 0 Å². The fraction of sp³-hybridized carbons (Fsp3) is 0.200. The molecule has 0 bridgehead atoms. The zero-order valence-corrected chi connectivity index (χ0v) is 5.72. The normalized spacial score (nSPS) is 9.64. The molecule has 5 nitrogen and oxygen atoms in total. The molecule has 0 radical (unpaired) electrons. The third-order valence-corrected chi connectivity index (χ3v) is 0.970. The van der Waals surface area contributed by atoms with Gasteiger partial charge >= 0.3 is 5.69 Å². The molecule has 0 aliphatic carbocycles. The number of nitrogens with one attached hydrogen (secondary N) is 2. The summed E-state index contributed by atoms with van der Waals surface area (Å²) in [5.41, 5.74) is 1.51. The second-order valence-corrected chi connectivity index (χ2v) is 1.72. The third-order valence-electron chi connectivity index (χ3n) is 0.970. The second kappa shape index (κ2) is 3.11. The van der Waals surface area contributed by atoms with Crippen molar-refractivity contribution in [3.8, 4) is 0 Å². The predicted octanol–water partition coefficient (Wildman–Crippen LogP) is -0.118. The van der Waals surface area contributed by atoms with Crippen LogP contribution in [0.5, 0.6) is 0 Å². The predicted molar refractivity (Wildman–Crippen MR) is 35.4 cm³/mol. The molecular weight excluding hydrogens is 153 g/mol. The van der Waals surface area contributed by atoms with Gasteiger partial charge in [-0.2, -0.15) is 4.98 Å². The fourth-order valence-electron chi connectivity index (χ4n) is 0.555. The lowest BCUT2D eigenvalue weighted by Gasteiger charge is -2.01. The van der Waals surface area contributed by atoms with Gasteiger partial charge in [-0.05, 0) is 0 Å². The molecule has 0 atom stereocenters. The maximum absolute atomic E-state index is 12.6. The molecule has 0 fully saturated rings. The van der Waals surface area contributed by atoms with E-state index in [-0.39, 0.29) is 5.82 Å². The first-order chi connectivity index (χ1) is 5.24. The maximum Gasteiger partial charge on any atom is 0.346 e. The molecular formula is C5H6FN3O2. The minimum absolute atomic E-state index is 0.132. The van der Waals surface area contributed by atoms with E-state index in [2.05, 4.69) is 20.3 Å². The molecule has 0 unspecified atom stereocenters. The van der Waals surface area contributed by atoms with Gasteiger partial charge in [0.15, 0.2) is 11.6 Å². The minimum Gasteiger partial charge on any atom is -0.288 e. The minimum atomic E-state index is -0.675. The van der Waals surface area contributed by atoms with Gasteiger partial charge in [0.2, 0.25) is 0 Å². The van der Waals surface area contributed by atoms with Crippen LogP contribution in [0.15, 0.2) is 11.0 Å². The van der Waals surface area contributed by atoms with E-state index in [1.165, 1.54) is 7.11 Å². The Kier molecular flexibility index (Phi) is 2.17. The Hall–Kier alpha value is -1.43. The first-order valence-corrected chi connectivity index (χ1v) is 2.78. The van der Waals surface area contributed by atoms with Crippen LogP contribution >= 0.6 is 0 Å². The number of rotatable bonds is 2. The Balaban J connectivity index is 3.02. The monoisotopic (exact) mass is 159 g/mol. The first-order valence-electron chi connectivity index (χ1n) is 2.78. The number of H-pyrrole nitrogens is 1. The number of aromatic nitrogens is 2. The van der Waals surface area contributed by atoms with Crippen molar-refractivity contribution in [2.75, 3.05) is 12.6 Å². The molecule has 0 amide bonds. The van der Waals surface area contributed by atoms with Crippen molar-refractivity contribution in [1.82, 2.24) is 9.97 Å². The van der Waals surface area contributed by atoms with Crippen molar-refractivity contribution < 1.29 is 9.23 Å². The van der Waals surface area contributed by atoms with Gasteiger partial charge in [0.05, 0.1) is 13.3 Å². The molecule has 1 rings (SSSR count). The highest BCUT2D eigenvalue weighted by molar-refractivity contribution is 5.30. The van der Waals surface area contributed by atoms with E-state index >= 15 is 0 Å². The summed E-state index contributed by atoms with van der Waals surface area (Å²) >= 11 is 0. The van der Waals surface area contributed by atoms with Crippen LogP contribution in [-0.2, 0) is 4.84 Å². The van der Waals surface area contributed by atoms with E-state index in [0.717, 1.165) is 6.20 Å². The molecule has 6 heteroatoms. The molecule has 0 aliphatic heterocycles. The Bertz CT molecular complexity index is 298. The Morgan fingerprint density at radius 3 is 3.18 bits per heavy atom. The Morgan fingerprint density at radius 2 is 2.55 bits per heavy atom. The quantitative estimate of drug-likeness (QED) is 0.590. The zero-order chi connectivity index (χ0) is 8.27. The Morgan fingerprint density at radius 1 is 1.82 bits per heavy atom. The molecule has 0 spiro atoms. The highest BCUT2D eigenvalue weighted by atomic mass is 19.1. The van der Waals surface area contributed by atoms with Crippen LogP contribution in [0.2, 0.25) is 0 Å². The molecule has 0 aromatic carbocycles. The van der Waals surface area contributed by atoms with Gasteiger partial charge in [-0.1, -0.05) is 0 Å². The summed E-state index contributed by atoms with van der Waals surface area (Å²) in [5, 5.41) is 0. The van der Waals surface area contributed by atoms with Gasteiger partial charge in [-0.25, -0.2) is 14.7 Å². The van der Waals surface area contributed by atoms with Gasteiger partial charge in [0.1, 0.15) is 0 Å². The van der Waals surface area contributed by atoms with Gasteiger partial charge in [-0.3, -0.25) is 9.82 Å². The van der Waals surface area contributed by atoms with Gasteiger partial charge in [-0.15, -0.1) is 0 Å². The lowest BCUT2D eigenvalue weighted by molar-refractivity contribution is 0.266.